The fraction of sp³-hybridized carbons (Fsp3) is 0.850. The van der Waals surface area contributed by atoms with E-state index in [2.05, 4.69) is 26.8 Å². The Kier molecular flexibility index (Phi) is 2.98. The molecular weight excluding hydrogens is 256 g/mol. The van der Waals surface area contributed by atoms with Gasteiger partial charge in [0.05, 0.1) is 0 Å². The number of ketones is 1. The number of carbonyl (C=O) groups is 1. The van der Waals surface area contributed by atoms with Crippen LogP contribution in [0.2, 0.25) is 0 Å². The molecule has 0 radical (unpaired) electrons. The largest absolute Gasteiger partial charge is 0.299 e. The molecule has 1 nitrogen and oxygen atoms in total. The van der Waals surface area contributed by atoms with Crippen LogP contribution >= 0.6 is 0 Å². The monoisotopic (exact) mass is 286 g/mol. The molecule has 0 saturated heterocycles. The van der Waals surface area contributed by atoms with E-state index >= 15 is 0 Å². The molecule has 0 amide bonds. The third-order valence-electron chi connectivity index (χ3n) is 8.41. The molecule has 0 aliphatic heterocycles. The van der Waals surface area contributed by atoms with Crippen LogP contribution in [0.5, 0.6) is 0 Å². The zero-order valence-corrected chi connectivity index (χ0v) is 14.0. The van der Waals surface area contributed by atoms with Crippen molar-refractivity contribution in [2.75, 3.05) is 0 Å². The van der Waals surface area contributed by atoms with Gasteiger partial charge in [-0.3, -0.25) is 4.79 Å². The Morgan fingerprint density at radius 1 is 1.10 bits per heavy atom. The van der Waals surface area contributed by atoms with Gasteiger partial charge >= 0.3 is 0 Å². The van der Waals surface area contributed by atoms with Crippen molar-refractivity contribution >= 4 is 5.78 Å². The van der Waals surface area contributed by atoms with Gasteiger partial charge < -0.3 is 0 Å². The third kappa shape index (κ3) is 1.79. The van der Waals surface area contributed by atoms with E-state index in [9.17, 15) is 4.79 Å². The Labute approximate surface area is 129 Å². The lowest BCUT2D eigenvalue weighted by atomic mass is 9.47. The van der Waals surface area contributed by atoms with Gasteiger partial charge in [0.15, 0.2) is 0 Å². The molecular formula is C20H30O. The van der Waals surface area contributed by atoms with E-state index in [1.54, 1.807) is 0 Å². The van der Waals surface area contributed by atoms with Gasteiger partial charge in [-0.2, -0.15) is 0 Å². The Morgan fingerprint density at radius 2 is 1.90 bits per heavy atom. The zero-order chi connectivity index (χ0) is 14.8. The van der Waals surface area contributed by atoms with Crippen molar-refractivity contribution in [2.24, 2.45) is 34.5 Å². The minimum atomic E-state index is 0.351. The van der Waals surface area contributed by atoms with Gasteiger partial charge in [0.25, 0.3) is 0 Å². The van der Waals surface area contributed by atoms with E-state index in [1.807, 2.05) is 0 Å². The Morgan fingerprint density at radius 3 is 2.71 bits per heavy atom. The van der Waals surface area contributed by atoms with Crippen molar-refractivity contribution < 1.29 is 4.79 Å². The first-order chi connectivity index (χ1) is 9.95. The summed E-state index contributed by atoms with van der Waals surface area (Å²) in [6.07, 6.45) is 12.2. The fourth-order valence-electron chi connectivity index (χ4n) is 6.74. The Bertz CT molecular complexity index is 504. The van der Waals surface area contributed by atoms with Crippen molar-refractivity contribution in [3.05, 3.63) is 11.6 Å². The van der Waals surface area contributed by atoms with Gasteiger partial charge in [0.2, 0.25) is 0 Å². The molecule has 0 heterocycles. The Balaban J connectivity index is 1.69. The van der Waals surface area contributed by atoms with E-state index < -0.39 is 0 Å². The first kappa shape index (κ1) is 14.0. The lowest BCUT2D eigenvalue weighted by Gasteiger charge is -2.57. The van der Waals surface area contributed by atoms with Crippen LogP contribution in [-0.2, 0) is 4.79 Å². The Hall–Kier alpha value is -0.590. The highest BCUT2D eigenvalue weighted by molar-refractivity contribution is 5.82. The maximum Gasteiger partial charge on any atom is 0.136 e. The number of hydrogen-bond donors (Lipinski definition) is 0. The minimum Gasteiger partial charge on any atom is -0.299 e. The molecule has 4 aliphatic rings. The van der Waals surface area contributed by atoms with E-state index in [-0.39, 0.29) is 0 Å². The van der Waals surface area contributed by atoms with E-state index in [0.29, 0.717) is 16.6 Å². The summed E-state index contributed by atoms with van der Waals surface area (Å²) in [5.41, 5.74) is 2.46. The SMILES string of the molecule is C[C@H]1CC[C@H]2[C@@H]3CC=C4CC(=O)CC[C@]4(C)[C@H]3CC[C@]12C. The van der Waals surface area contributed by atoms with Crippen LogP contribution in [0.15, 0.2) is 11.6 Å². The van der Waals surface area contributed by atoms with Gasteiger partial charge in [-0.1, -0.05) is 32.4 Å². The van der Waals surface area contributed by atoms with Crippen LogP contribution in [-0.4, -0.2) is 5.78 Å². The molecule has 116 valence electrons. The van der Waals surface area contributed by atoms with Crippen molar-refractivity contribution in [2.45, 2.75) is 72.1 Å². The number of allylic oxidation sites excluding steroid dienone is 2. The predicted molar refractivity (Wildman–Crippen MR) is 85.9 cm³/mol. The standard InChI is InChI=1S/C20H30O/c1-13-4-7-17-16-6-5-14-12-15(21)8-10-20(14,3)18(16)9-11-19(13,17)2/h5,13,16-18H,4,6-12H2,1-3H3/t13-,16-,17-,18-,19+,20-/m0/s1. The molecule has 3 saturated carbocycles. The van der Waals surface area contributed by atoms with Crippen molar-refractivity contribution in [1.29, 1.82) is 0 Å². The molecule has 0 spiro atoms. The molecule has 0 N–H and O–H groups in total. The van der Waals surface area contributed by atoms with Crippen LogP contribution in [0.4, 0.5) is 0 Å². The average Bonchev–Trinajstić information content (AvgIpc) is 2.76. The lowest BCUT2D eigenvalue weighted by molar-refractivity contribution is -0.122. The summed E-state index contributed by atoms with van der Waals surface area (Å²) in [5, 5.41) is 0. The highest BCUT2D eigenvalue weighted by Gasteiger charge is 2.57. The van der Waals surface area contributed by atoms with E-state index in [1.165, 1.54) is 37.7 Å². The van der Waals surface area contributed by atoms with Crippen molar-refractivity contribution in [1.82, 2.24) is 0 Å². The second-order valence-electron chi connectivity index (χ2n) is 9.00. The molecule has 0 aromatic rings. The summed E-state index contributed by atoms with van der Waals surface area (Å²) in [6, 6.07) is 0. The van der Waals surface area contributed by atoms with Gasteiger partial charge in [0, 0.05) is 12.8 Å². The molecule has 3 fully saturated rings. The fourth-order valence-corrected chi connectivity index (χ4v) is 6.74. The minimum absolute atomic E-state index is 0.351. The van der Waals surface area contributed by atoms with Crippen LogP contribution in [0.3, 0.4) is 0 Å². The third-order valence-corrected chi connectivity index (χ3v) is 8.41. The van der Waals surface area contributed by atoms with Crippen molar-refractivity contribution in [3.8, 4) is 0 Å². The lowest BCUT2D eigenvalue weighted by Crippen LogP contribution is -2.49. The number of hydrogen-bond acceptors (Lipinski definition) is 1. The van der Waals surface area contributed by atoms with Crippen LogP contribution in [0, 0.1) is 34.5 Å². The molecule has 1 heteroatoms. The van der Waals surface area contributed by atoms with E-state index in [4.69, 9.17) is 0 Å². The van der Waals surface area contributed by atoms with Crippen LogP contribution in [0.25, 0.3) is 0 Å². The zero-order valence-electron chi connectivity index (χ0n) is 14.0. The molecule has 0 aromatic carbocycles. The summed E-state index contributed by atoms with van der Waals surface area (Å²) < 4.78 is 0. The first-order valence-electron chi connectivity index (χ1n) is 9.16. The number of Topliss-reactive ketones (excluding diaryl/α,β-unsaturated/α-hetero) is 1. The second kappa shape index (κ2) is 4.46. The second-order valence-corrected chi connectivity index (χ2v) is 9.00. The summed E-state index contributed by atoms with van der Waals surface area (Å²) in [4.78, 5) is 11.9. The summed E-state index contributed by atoms with van der Waals surface area (Å²) in [6.45, 7) is 7.56. The van der Waals surface area contributed by atoms with Crippen molar-refractivity contribution in [3.63, 3.8) is 0 Å². The number of rotatable bonds is 0. The highest BCUT2D eigenvalue weighted by atomic mass is 16.1. The predicted octanol–water partition coefficient (Wildman–Crippen LogP) is 5.15. The highest BCUT2D eigenvalue weighted by Crippen LogP contribution is 2.65. The quantitative estimate of drug-likeness (QED) is 0.562. The smallest absolute Gasteiger partial charge is 0.136 e. The van der Waals surface area contributed by atoms with E-state index in [0.717, 1.165) is 42.9 Å². The summed E-state index contributed by atoms with van der Waals surface area (Å²) in [5.74, 6) is 4.09. The summed E-state index contributed by atoms with van der Waals surface area (Å²) >= 11 is 0. The normalized spacial score (nSPS) is 52.7. The molecule has 4 aliphatic carbocycles. The summed E-state index contributed by atoms with van der Waals surface area (Å²) in [7, 11) is 0. The van der Waals surface area contributed by atoms with Crippen LogP contribution in [0.1, 0.15) is 72.1 Å². The van der Waals surface area contributed by atoms with Gasteiger partial charge in [-0.25, -0.2) is 0 Å². The molecule has 4 rings (SSSR count). The number of fused-ring (bicyclic) bond motifs is 5. The van der Waals surface area contributed by atoms with Crippen LogP contribution < -0.4 is 0 Å². The van der Waals surface area contributed by atoms with Gasteiger partial charge in [-0.15, -0.1) is 0 Å². The molecule has 0 bridgehead atoms. The molecule has 21 heavy (non-hydrogen) atoms. The average molecular weight is 286 g/mol. The molecule has 0 aromatic heterocycles. The maximum atomic E-state index is 11.9. The first-order valence-corrected chi connectivity index (χ1v) is 9.16. The molecule has 6 atom stereocenters. The molecule has 0 unspecified atom stereocenters. The maximum absolute atomic E-state index is 11.9. The topological polar surface area (TPSA) is 17.1 Å². The van der Waals surface area contributed by atoms with Gasteiger partial charge in [-0.05, 0) is 73.0 Å². The van der Waals surface area contributed by atoms with Gasteiger partial charge in [0.1, 0.15) is 5.78 Å². The number of carbonyl (C=O) groups excluding carboxylic acids is 1.